The molecule has 4 rings (SSSR count). The molecule has 128 valence electrons. The van der Waals surface area contributed by atoms with Gasteiger partial charge in [-0.05, 0) is 42.7 Å². The summed E-state index contributed by atoms with van der Waals surface area (Å²) in [4.78, 5) is 4.44. The van der Waals surface area contributed by atoms with Gasteiger partial charge in [0.05, 0.1) is 17.9 Å². The fourth-order valence-corrected chi connectivity index (χ4v) is 3.36. The van der Waals surface area contributed by atoms with Crippen LogP contribution in [0, 0.1) is 12.7 Å². The summed E-state index contributed by atoms with van der Waals surface area (Å²) in [5.41, 5.74) is 10.2. The summed E-state index contributed by atoms with van der Waals surface area (Å²) in [5, 5.41) is 10.9. The van der Waals surface area contributed by atoms with Gasteiger partial charge < -0.3 is 15.5 Å². The number of pyridine rings is 1. The lowest BCUT2D eigenvalue weighted by Crippen LogP contribution is -2.10. The number of nitrogens with zero attached hydrogens (tertiary/aromatic N) is 3. The minimum Gasteiger partial charge on any atom is -0.372 e. The molecule has 1 aromatic carbocycles. The molecule has 0 aliphatic rings. The fourth-order valence-electron chi connectivity index (χ4n) is 3.36. The number of fused-ring (bicyclic) bond motifs is 2. The first-order chi connectivity index (χ1) is 12.0. The van der Waals surface area contributed by atoms with Crippen molar-refractivity contribution in [1.29, 1.82) is 0 Å². The van der Waals surface area contributed by atoms with Crippen LogP contribution in [0.15, 0.2) is 30.7 Å². The van der Waals surface area contributed by atoms with Crippen LogP contribution in [-0.2, 0) is 0 Å². The molecule has 0 bridgehead atoms. The third kappa shape index (κ3) is 2.27. The Bertz CT molecular complexity index is 1090. The maximum atomic E-state index is 15.0. The van der Waals surface area contributed by atoms with Gasteiger partial charge in [-0.25, -0.2) is 9.37 Å². The van der Waals surface area contributed by atoms with Crippen LogP contribution in [-0.4, -0.2) is 26.6 Å². The van der Waals surface area contributed by atoms with Gasteiger partial charge in [0.1, 0.15) is 17.3 Å². The summed E-state index contributed by atoms with van der Waals surface area (Å²) in [6.07, 6.45) is 5.57. The van der Waals surface area contributed by atoms with Gasteiger partial charge in [-0.3, -0.25) is 5.10 Å². The first-order valence-electron chi connectivity index (χ1n) is 8.08. The first kappa shape index (κ1) is 15.6. The predicted molar refractivity (Wildman–Crippen MR) is 97.1 cm³/mol. The Balaban J connectivity index is 2.02. The third-order valence-corrected chi connectivity index (χ3v) is 4.57. The number of aromatic amines is 1. The number of imidazole rings is 1. The van der Waals surface area contributed by atoms with Crippen molar-refractivity contribution in [2.75, 3.05) is 12.4 Å². The molecule has 0 unspecified atom stereocenters. The maximum absolute atomic E-state index is 15.0. The lowest BCUT2D eigenvalue weighted by atomic mass is 9.92. The van der Waals surface area contributed by atoms with Gasteiger partial charge in [0.25, 0.3) is 0 Å². The first-order valence-corrected chi connectivity index (χ1v) is 8.08. The molecule has 0 spiro atoms. The van der Waals surface area contributed by atoms with Gasteiger partial charge in [0.2, 0.25) is 0 Å². The number of rotatable bonds is 3. The van der Waals surface area contributed by atoms with Crippen LogP contribution < -0.4 is 11.1 Å². The van der Waals surface area contributed by atoms with E-state index in [9.17, 15) is 0 Å². The van der Waals surface area contributed by atoms with Gasteiger partial charge in [-0.15, -0.1) is 0 Å². The van der Waals surface area contributed by atoms with Gasteiger partial charge >= 0.3 is 0 Å². The highest BCUT2D eigenvalue weighted by Gasteiger charge is 2.21. The van der Waals surface area contributed by atoms with E-state index >= 15 is 4.39 Å². The summed E-state index contributed by atoms with van der Waals surface area (Å²) < 4.78 is 16.9. The monoisotopic (exact) mass is 338 g/mol. The van der Waals surface area contributed by atoms with E-state index < -0.39 is 6.04 Å². The normalized spacial score (nSPS) is 12.8. The Morgan fingerprint density at radius 1 is 1.32 bits per heavy atom. The van der Waals surface area contributed by atoms with E-state index in [0.717, 1.165) is 28.0 Å². The van der Waals surface area contributed by atoms with E-state index in [1.165, 1.54) is 0 Å². The van der Waals surface area contributed by atoms with Crippen LogP contribution in [0.2, 0.25) is 0 Å². The third-order valence-electron chi connectivity index (χ3n) is 4.57. The highest BCUT2D eigenvalue weighted by atomic mass is 19.1. The number of halogens is 1. The van der Waals surface area contributed by atoms with Crippen LogP contribution in [0.3, 0.4) is 0 Å². The largest absolute Gasteiger partial charge is 0.372 e. The molecule has 25 heavy (non-hydrogen) atoms. The zero-order chi connectivity index (χ0) is 17.7. The molecule has 3 aromatic heterocycles. The maximum Gasteiger partial charge on any atom is 0.145 e. The summed E-state index contributed by atoms with van der Waals surface area (Å²) in [5.74, 6) is 0.490. The standard InChI is InChI=1S/C18H19FN6/c1-9-15(11-4-5-14-23-13(21-3)8-25(14)7-11)12-6-22-24-18(12)16(10(2)20)17(9)19/h4-8,10,21H,20H2,1-3H3,(H,22,24)/t10-/m1/s1. The highest BCUT2D eigenvalue weighted by Crippen LogP contribution is 2.37. The molecular formula is C18H19FN6. The molecule has 0 aliphatic carbocycles. The summed E-state index contributed by atoms with van der Waals surface area (Å²) >= 11 is 0. The Morgan fingerprint density at radius 3 is 2.84 bits per heavy atom. The van der Waals surface area contributed by atoms with Crippen LogP contribution in [0.25, 0.3) is 27.7 Å². The molecule has 0 saturated heterocycles. The topological polar surface area (TPSA) is 84.0 Å². The fraction of sp³-hybridized carbons (Fsp3) is 0.222. The number of nitrogens with two attached hydrogens (primary N) is 1. The van der Waals surface area contributed by atoms with Crippen molar-refractivity contribution < 1.29 is 4.39 Å². The van der Waals surface area contributed by atoms with Crippen LogP contribution in [0.1, 0.15) is 24.1 Å². The van der Waals surface area contributed by atoms with E-state index in [1.807, 2.05) is 36.0 Å². The number of nitrogens with one attached hydrogen (secondary N) is 2. The van der Waals surface area contributed by atoms with E-state index in [0.29, 0.717) is 16.6 Å². The number of aromatic nitrogens is 4. The molecule has 6 nitrogen and oxygen atoms in total. The van der Waals surface area contributed by atoms with Crippen LogP contribution in [0.5, 0.6) is 0 Å². The van der Waals surface area contributed by atoms with Crippen molar-refractivity contribution >= 4 is 22.4 Å². The lowest BCUT2D eigenvalue weighted by Gasteiger charge is -2.16. The van der Waals surface area contributed by atoms with Crippen molar-refractivity contribution in [2.45, 2.75) is 19.9 Å². The SMILES string of the molecule is CNc1cn2cc(-c3c(C)c(F)c([C@@H](C)N)c4[nH]ncc34)ccc2n1. The summed E-state index contributed by atoms with van der Waals surface area (Å²) in [7, 11) is 1.82. The van der Waals surface area contributed by atoms with Gasteiger partial charge in [0, 0.05) is 30.2 Å². The number of anilines is 1. The molecule has 4 N–H and O–H groups in total. The van der Waals surface area contributed by atoms with Gasteiger partial charge in [0.15, 0.2) is 0 Å². The number of benzene rings is 1. The molecule has 0 saturated carbocycles. The molecule has 4 aromatic rings. The van der Waals surface area contributed by atoms with Crippen molar-refractivity contribution in [3.8, 4) is 11.1 Å². The second-order valence-corrected chi connectivity index (χ2v) is 6.23. The molecule has 0 aliphatic heterocycles. The zero-order valence-corrected chi connectivity index (χ0v) is 14.3. The van der Waals surface area contributed by atoms with E-state index in [2.05, 4.69) is 20.5 Å². The van der Waals surface area contributed by atoms with Crippen molar-refractivity contribution in [1.82, 2.24) is 19.6 Å². The number of hydrogen-bond donors (Lipinski definition) is 3. The molecular weight excluding hydrogens is 319 g/mol. The Kier molecular flexibility index (Phi) is 3.47. The predicted octanol–water partition coefficient (Wildman–Crippen LogP) is 3.39. The summed E-state index contributed by atoms with van der Waals surface area (Å²) in [6.45, 7) is 3.55. The zero-order valence-electron chi connectivity index (χ0n) is 14.3. The van der Waals surface area contributed by atoms with Crippen molar-refractivity contribution in [3.63, 3.8) is 0 Å². The van der Waals surface area contributed by atoms with Crippen molar-refractivity contribution in [3.05, 3.63) is 47.7 Å². The molecule has 3 heterocycles. The Labute approximate surface area is 143 Å². The second kappa shape index (κ2) is 5.56. The smallest absolute Gasteiger partial charge is 0.145 e. The minimum absolute atomic E-state index is 0.289. The van der Waals surface area contributed by atoms with Crippen molar-refractivity contribution in [2.24, 2.45) is 5.73 Å². The Morgan fingerprint density at radius 2 is 2.12 bits per heavy atom. The summed E-state index contributed by atoms with van der Waals surface area (Å²) in [6, 6.07) is 3.44. The average molecular weight is 338 g/mol. The quantitative estimate of drug-likeness (QED) is 0.535. The number of H-pyrrole nitrogens is 1. The van der Waals surface area contributed by atoms with E-state index in [4.69, 9.17) is 5.73 Å². The molecule has 0 amide bonds. The molecule has 0 radical (unpaired) electrons. The minimum atomic E-state index is -0.426. The molecule has 7 heteroatoms. The highest BCUT2D eigenvalue weighted by molar-refractivity contribution is 5.98. The second-order valence-electron chi connectivity index (χ2n) is 6.23. The van der Waals surface area contributed by atoms with Crippen LogP contribution >= 0.6 is 0 Å². The molecule has 0 fully saturated rings. The Hall–Kier alpha value is -2.93. The van der Waals surface area contributed by atoms with Gasteiger partial charge in [-0.1, -0.05) is 0 Å². The van der Waals surface area contributed by atoms with E-state index in [-0.39, 0.29) is 5.82 Å². The van der Waals surface area contributed by atoms with E-state index in [1.54, 1.807) is 20.0 Å². The number of hydrogen-bond acceptors (Lipinski definition) is 4. The lowest BCUT2D eigenvalue weighted by molar-refractivity contribution is 0.589. The van der Waals surface area contributed by atoms with Crippen LogP contribution in [0.4, 0.5) is 10.2 Å². The molecule has 1 atom stereocenters. The average Bonchev–Trinajstić information content (AvgIpc) is 3.21. The van der Waals surface area contributed by atoms with Gasteiger partial charge in [-0.2, -0.15) is 5.10 Å².